The van der Waals surface area contributed by atoms with Gasteiger partial charge in [-0.1, -0.05) is 91.0 Å². The second-order valence-electron chi connectivity index (χ2n) is 13.7. The highest BCUT2D eigenvalue weighted by atomic mass is 15.3. The molecule has 2 heterocycles. The lowest BCUT2D eigenvalue weighted by molar-refractivity contribution is 1.14. The van der Waals surface area contributed by atoms with Crippen LogP contribution in [-0.4, -0.2) is 4.57 Å². The van der Waals surface area contributed by atoms with Gasteiger partial charge >= 0.3 is 0 Å². The predicted molar refractivity (Wildman–Crippen MR) is 229 cm³/mol. The lowest BCUT2D eigenvalue weighted by atomic mass is 10.0. The van der Waals surface area contributed by atoms with Crippen LogP contribution in [0.3, 0.4) is 0 Å². The minimum Gasteiger partial charge on any atom is -0.310 e. The Balaban J connectivity index is 1.28. The first kappa shape index (κ1) is 32.6. The number of rotatable bonds is 6. The summed E-state index contributed by atoms with van der Waals surface area (Å²) in [4.78, 5) is 10.6. The van der Waals surface area contributed by atoms with E-state index in [4.69, 9.17) is 6.57 Å². The van der Waals surface area contributed by atoms with Gasteiger partial charge in [-0.15, -0.1) is 0 Å². The number of hydrogen-bond donors (Lipinski definition) is 0. The number of nitriles is 1. The minimum absolute atomic E-state index is 0.567. The molecule has 0 unspecified atom stereocenters. The Morgan fingerprint density at radius 1 is 0.446 bits per heavy atom. The van der Waals surface area contributed by atoms with Gasteiger partial charge in [0.25, 0.3) is 0 Å². The fourth-order valence-corrected chi connectivity index (χ4v) is 8.05. The van der Waals surface area contributed by atoms with Gasteiger partial charge in [0.15, 0.2) is 5.69 Å². The summed E-state index contributed by atoms with van der Waals surface area (Å²) in [5.74, 6) is 0. The summed E-state index contributed by atoms with van der Waals surface area (Å²) >= 11 is 0. The third-order valence-electron chi connectivity index (χ3n) is 10.5. The Morgan fingerprint density at radius 3 is 1.45 bits per heavy atom. The van der Waals surface area contributed by atoms with E-state index >= 15 is 0 Å². The van der Waals surface area contributed by atoms with Gasteiger partial charge in [0.2, 0.25) is 0 Å². The third kappa shape index (κ3) is 5.33. The van der Waals surface area contributed by atoms with Crippen molar-refractivity contribution in [2.45, 2.75) is 0 Å². The molecule has 6 heteroatoms. The van der Waals surface area contributed by atoms with Crippen molar-refractivity contribution in [3.63, 3.8) is 0 Å². The van der Waals surface area contributed by atoms with Crippen molar-refractivity contribution in [2.24, 2.45) is 0 Å². The number of benzene rings is 8. The van der Waals surface area contributed by atoms with Gasteiger partial charge in [-0.2, -0.15) is 5.26 Å². The van der Waals surface area contributed by atoms with Gasteiger partial charge < -0.3 is 19.3 Å². The van der Waals surface area contributed by atoms with Crippen LogP contribution in [0, 0.1) is 17.9 Å². The molecule has 0 saturated heterocycles. The van der Waals surface area contributed by atoms with Crippen LogP contribution in [0.25, 0.3) is 32.3 Å². The Bertz CT molecular complexity index is 2850. The first-order valence-electron chi connectivity index (χ1n) is 18.4. The molecule has 0 saturated carbocycles. The standard InChI is InChI=1S/C50H32N6/c1-52-36-25-29-39(30-26-36)53(38-27-23-35(34-51)24-28-38)40-31-41(55-45-17-7-5-15-43(45)44-16-6-8-18-46(44)55)33-42(32-40)56-49-21-11-9-19-47(49)54(37-13-3-2-4-14-37)48-20-10-12-22-50(48)56/h2-33H. The average Bonchev–Trinajstić information content (AvgIpc) is 3.61. The van der Waals surface area contributed by atoms with Crippen molar-refractivity contribution in [2.75, 3.05) is 14.7 Å². The summed E-state index contributed by atoms with van der Waals surface area (Å²) in [7, 11) is 0. The van der Waals surface area contributed by atoms with Crippen LogP contribution in [-0.2, 0) is 0 Å². The topological polar surface area (TPSA) is 42.8 Å². The maximum Gasteiger partial charge on any atom is 0.187 e. The molecule has 0 fully saturated rings. The highest BCUT2D eigenvalue weighted by Crippen LogP contribution is 2.55. The number of hydrogen-bond acceptors (Lipinski definition) is 4. The molecule has 0 aliphatic carbocycles. The highest BCUT2D eigenvalue weighted by molar-refractivity contribution is 6.09. The Kier molecular flexibility index (Phi) is 7.80. The molecule has 9 aromatic rings. The van der Waals surface area contributed by atoms with E-state index in [0.717, 1.165) is 67.9 Å². The first-order valence-corrected chi connectivity index (χ1v) is 18.4. The molecule has 0 N–H and O–H groups in total. The zero-order valence-electron chi connectivity index (χ0n) is 30.2. The molecule has 0 amide bonds. The van der Waals surface area contributed by atoms with Crippen molar-refractivity contribution in [3.8, 4) is 11.8 Å². The monoisotopic (exact) mass is 716 g/mol. The van der Waals surface area contributed by atoms with Crippen molar-refractivity contribution >= 4 is 78.7 Å². The van der Waals surface area contributed by atoms with Crippen LogP contribution >= 0.6 is 0 Å². The van der Waals surface area contributed by atoms with E-state index in [0.29, 0.717) is 11.3 Å². The highest BCUT2D eigenvalue weighted by Gasteiger charge is 2.31. The maximum absolute atomic E-state index is 9.70. The predicted octanol–water partition coefficient (Wildman–Crippen LogP) is 13.9. The summed E-state index contributed by atoms with van der Waals surface area (Å²) in [6.07, 6.45) is 0. The van der Waals surface area contributed by atoms with Crippen LogP contribution in [0.4, 0.5) is 56.9 Å². The Morgan fingerprint density at radius 2 is 0.911 bits per heavy atom. The largest absolute Gasteiger partial charge is 0.310 e. The lowest BCUT2D eigenvalue weighted by Crippen LogP contribution is -2.24. The minimum atomic E-state index is 0.567. The molecule has 0 bridgehead atoms. The van der Waals surface area contributed by atoms with Crippen molar-refractivity contribution in [1.29, 1.82) is 5.26 Å². The summed E-state index contributed by atoms with van der Waals surface area (Å²) in [5, 5.41) is 12.1. The molecule has 10 rings (SSSR count). The maximum atomic E-state index is 9.70. The number of nitrogens with zero attached hydrogens (tertiary/aromatic N) is 6. The zero-order valence-corrected chi connectivity index (χ0v) is 30.2. The molecule has 1 aliphatic rings. The normalized spacial score (nSPS) is 11.8. The molecule has 0 spiro atoms. The molecular weight excluding hydrogens is 685 g/mol. The fraction of sp³-hybridized carbons (Fsp3) is 0. The number of para-hydroxylation sites is 7. The third-order valence-corrected chi connectivity index (χ3v) is 10.5. The molecule has 6 nitrogen and oxygen atoms in total. The quantitative estimate of drug-likeness (QED) is 0.161. The molecule has 8 aromatic carbocycles. The van der Waals surface area contributed by atoms with Gasteiger partial charge in [-0.3, -0.25) is 0 Å². The molecular formula is C50H32N6. The fourth-order valence-electron chi connectivity index (χ4n) is 8.05. The van der Waals surface area contributed by atoms with Crippen LogP contribution in [0.5, 0.6) is 0 Å². The van der Waals surface area contributed by atoms with Crippen LogP contribution in [0.1, 0.15) is 5.56 Å². The van der Waals surface area contributed by atoms with Crippen molar-refractivity contribution in [1.82, 2.24) is 4.57 Å². The van der Waals surface area contributed by atoms with Crippen LogP contribution < -0.4 is 14.7 Å². The molecule has 0 atom stereocenters. The number of anilines is 9. The van der Waals surface area contributed by atoms with E-state index in [-0.39, 0.29) is 0 Å². The van der Waals surface area contributed by atoms with Crippen molar-refractivity contribution < 1.29 is 0 Å². The first-order chi connectivity index (χ1) is 27.7. The number of aromatic nitrogens is 1. The second kappa shape index (κ2) is 13.4. The van der Waals surface area contributed by atoms with E-state index in [1.54, 1.807) is 0 Å². The van der Waals surface area contributed by atoms with Crippen molar-refractivity contribution in [3.05, 3.63) is 211 Å². The van der Waals surface area contributed by atoms with Gasteiger partial charge in [-0.25, -0.2) is 4.85 Å². The smallest absolute Gasteiger partial charge is 0.187 e. The van der Waals surface area contributed by atoms with E-state index in [9.17, 15) is 5.26 Å². The van der Waals surface area contributed by atoms with E-state index in [2.05, 4.69) is 170 Å². The molecule has 262 valence electrons. The summed E-state index contributed by atoms with van der Waals surface area (Å²) in [6.45, 7) is 7.63. The van der Waals surface area contributed by atoms with Gasteiger partial charge in [0.05, 0.1) is 69.0 Å². The zero-order chi connectivity index (χ0) is 37.6. The van der Waals surface area contributed by atoms with E-state index in [1.165, 1.54) is 10.8 Å². The van der Waals surface area contributed by atoms with Gasteiger partial charge in [0, 0.05) is 27.8 Å². The SMILES string of the molecule is [C-]#[N+]c1ccc(N(c2ccc(C#N)cc2)c2cc(N3c4ccccc4N(c4ccccc4)c4ccccc43)cc(-n3c4ccccc4c4ccccc43)c2)cc1. The van der Waals surface area contributed by atoms with Gasteiger partial charge in [-0.05, 0) is 103 Å². The van der Waals surface area contributed by atoms with E-state index in [1.807, 2.05) is 54.6 Å². The van der Waals surface area contributed by atoms with Crippen LogP contribution in [0.2, 0.25) is 0 Å². The number of fused-ring (bicyclic) bond motifs is 5. The molecule has 0 radical (unpaired) electrons. The summed E-state index contributed by atoms with van der Waals surface area (Å²) < 4.78 is 2.36. The lowest BCUT2D eigenvalue weighted by Gasteiger charge is -2.40. The van der Waals surface area contributed by atoms with E-state index < -0.39 is 0 Å². The second-order valence-corrected chi connectivity index (χ2v) is 13.7. The van der Waals surface area contributed by atoms with Crippen LogP contribution in [0.15, 0.2) is 194 Å². The molecule has 1 aromatic heterocycles. The molecule has 1 aliphatic heterocycles. The Labute approximate surface area is 325 Å². The summed E-state index contributed by atoms with van der Waals surface area (Å²) in [6, 6.07) is 69.2. The Hall–Kier alpha value is -8.06. The average molecular weight is 717 g/mol. The van der Waals surface area contributed by atoms with Gasteiger partial charge in [0.1, 0.15) is 0 Å². The summed E-state index contributed by atoms with van der Waals surface area (Å²) in [5.41, 5.74) is 13.4. The molecule has 56 heavy (non-hydrogen) atoms.